The monoisotopic (exact) mass is 382 g/mol. The van der Waals surface area contributed by atoms with E-state index in [0.29, 0.717) is 18.9 Å². The maximum absolute atomic E-state index is 5.82. The van der Waals surface area contributed by atoms with Crippen molar-refractivity contribution in [2.45, 2.75) is 20.5 Å². The van der Waals surface area contributed by atoms with Crippen molar-refractivity contribution in [3.63, 3.8) is 0 Å². The fourth-order valence-electron chi connectivity index (χ4n) is 2.45. The number of aromatic nitrogens is 4. The van der Waals surface area contributed by atoms with Gasteiger partial charge >= 0.3 is 6.72 Å². The normalized spacial score (nSPS) is 12.1. The highest BCUT2D eigenvalue weighted by atomic mass is 32.5. The summed E-state index contributed by atoms with van der Waals surface area (Å²) in [5.41, 5.74) is 2.27. The molecule has 0 N–H and O–H groups in total. The van der Waals surface area contributed by atoms with Crippen molar-refractivity contribution in [3.05, 3.63) is 29.8 Å². The average molecular weight is 382 g/mol. The van der Waals surface area contributed by atoms with E-state index >= 15 is 0 Å². The summed E-state index contributed by atoms with van der Waals surface area (Å²) >= 11 is 5.40. The summed E-state index contributed by atoms with van der Waals surface area (Å²) in [6, 6.07) is 7.65. The molecule has 2 aromatic heterocycles. The number of rotatable bonds is 8. The Labute approximate surface area is 150 Å². The Bertz CT molecular complexity index is 922. The minimum Gasteiger partial charge on any atom is -0.497 e. The van der Waals surface area contributed by atoms with Crippen LogP contribution in [0.15, 0.2) is 24.3 Å². The molecule has 3 aromatic rings. The molecule has 0 radical (unpaired) electrons. The fourth-order valence-corrected chi connectivity index (χ4v) is 4.40. The largest absolute Gasteiger partial charge is 0.497 e. The Balaban J connectivity index is 1.99. The number of nitrogens with zero attached hydrogens (tertiary/aromatic N) is 4. The van der Waals surface area contributed by atoms with Gasteiger partial charge in [0.05, 0.1) is 32.4 Å². The van der Waals surface area contributed by atoms with Crippen molar-refractivity contribution in [1.82, 2.24) is 20.0 Å². The van der Waals surface area contributed by atoms with Crippen molar-refractivity contribution in [1.29, 1.82) is 0 Å². The Morgan fingerprint density at radius 1 is 1.12 bits per heavy atom. The van der Waals surface area contributed by atoms with Gasteiger partial charge in [0.1, 0.15) is 5.75 Å². The molecule has 0 aliphatic rings. The molecule has 0 aliphatic heterocycles. The first-order chi connectivity index (χ1) is 12.1. The molecule has 0 amide bonds. The molecule has 0 saturated carbocycles. The van der Waals surface area contributed by atoms with E-state index in [-0.39, 0.29) is 6.61 Å². The van der Waals surface area contributed by atoms with Gasteiger partial charge in [0.2, 0.25) is 0 Å². The molecular formula is C15H19N4O4PS. The first-order valence-electron chi connectivity index (χ1n) is 7.81. The Morgan fingerprint density at radius 2 is 1.88 bits per heavy atom. The third kappa shape index (κ3) is 3.80. The number of fused-ring (bicyclic) bond motifs is 3. The maximum atomic E-state index is 5.82. The van der Waals surface area contributed by atoms with Gasteiger partial charge in [0, 0.05) is 10.9 Å². The predicted molar refractivity (Wildman–Crippen MR) is 97.2 cm³/mol. The van der Waals surface area contributed by atoms with Crippen LogP contribution in [0.25, 0.3) is 16.6 Å². The number of tetrazole rings is 1. The summed E-state index contributed by atoms with van der Waals surface area (Å²) in [5.74, 6) is 0.751. The first-order valence-corrected chi connectivity index (χ1v) is 10.4. The van der Waals surface area contributed by atoms with Crippen molar-refractivity contribution in [2.75, 3.05) is 20.3 Å². The minimum atomic E-state index is -2.79. The van der Waals surface area contributed by atoms with Gasteiger partial charge < -0.3 is 18.3 Å². The molecule has 1 aromatic carbocycles. The summed E-state index contributed by atoms with van der Waals surface area (Å²) in [6.07, 6.45) is 0. The van der Waals surface area contributed by atoms with E-state index < -0.39 is 6.72 Å². The second-order valence-corrected chi connectivity index (χ2v) is 8.08. The van der Waals surface area contributed by atoms with Gasteiger partial charge in [-0.3, -0.25) is 0 Å². The van der Waals surface area contributed by atoms with Crippen LogP contribution in [0.4, 0.5) is 0 Å². The predicted octanol–water partition coefficient (Wildman–Crippen LogP) is 3.10. The van der Waals surface area contributed by atoms with E-state index in [1.54, 1.807) is 11.6 Å². The Morgan fingerprint density at radius 3 is 2.56 bits per heavy atom. The zero-order chi connectivity index (χ0) is 17.9. The SMILES string of the molecule is CCOP(=S)(OCC)OCc1cc2cc(OC)ccc2n2nnnc12. The molecule has 3 rings (SSSR count). The topological polar surface area (TPSA) is 80.0 Å². The average Bonchev–Trinajstić information content (AvgIpc) is 3.09. The van der Waals surface area contributed by atoms with Crippen LogP contribution in [0, 0.1) is 0 Å². The van der Waals surface area contributed by atoms with Crippen molar-refractivity contribution >= 4 is 35.1 Å². The van der Waals surface area contributed by atoms with Crippen molar-refractivity contribution in [2.24, 2.45) is 0 Å². The molecule has 25 heavy (non-hydrogen) atoms. The van der Waals surface area contributed by atoms with Crippen LogP contribution < -0.4 is 4.74 Å². The lowest BCUT2D eigenvalue weighted by Crippen LogP contribution is -2.02. The van der Waals surface area contributed by atoms with Crippen LogP contribution >= 0.6 is 6.72 Å². The summed E-state index contributed by atoms with van der Waals surface area (Å²) < 4.78 is 23.8. The molecule has 0 bridgehead atoms. The molecule has 10 heteroatoms. The van der Waals surface area contributed by atoms with E-state index in [1.165, 1.54) is 0 Å². The molecule has 0 aliphatic carbocycles. The van der Waals surface area contributed by atoms with Gasteiger partial charge in [-0.05, 0) is 60.3 Å². The zero-order valence-corrected chi connectivity index (χ0v) is 15.9. The number of hydrogen-bond donors (Lipinski definition) is 0. The standard InChI is InChI=1S/C15H19N4O4PS/c1-4-21-24(25,22-5-2)23-10-12-8-11-9-13(20-3)6-7-14(11)19-15(12)16-17-18-19/h6-9H,4-5,10H2,1-3H3. The van der Waals surface area contributed by atoms with E-state index in [2.05, 4.69) is 15.5 Å². The third-order valence-electron chi connectivity index (χ3n) is 3.50. The highest BCUT2D eigenvalue weighted by Gasteiger charge is 2.21. The molecule has 0 unspecified atom stereocenters. The second kappa shape index (κ2) is 7.72. The zero-order valence-electron chi connectivity index (χ0n) is 14.2. The van der Waals surface area contributed by atoms with Gasteiger partial charge in [-0.2, -0.15) is 4.52 Å². The van der Waals surface area contributed by atoms with Gasteiger partial charge in [0.15, 0.2) is 5.65 Å². The number of ether oxygens (including phenoxy) is 1. The van der Waals surface area contributed by atoms with E-state index in [1.807, 2.05) is 38.1 Å². The van der Waals surface area contributed by atoms with Crippen LogP contribution in [0.1, 0.15) is 19.4 Å². The number of benzene rings is 1. The second-order valence-electron chi connectivity index (χ2n) is 5.06. The molecular weight excluding hydrogens is 363 g/mol. The smallest absolute Gasteiger partial charge is 0.327 e. The van der Waals surface area contributed by atoms with Gasteiger partial charge in [-0.15, -0.1) is 5.10 Å². The van der Waals surface area contributed by atoms with Gasteiger partial charge in [0.25, 0.3) is 0 Å². The van der Waals surface area contributed by atoms with Crippen LogP contribution in [-0.4, -0.2) is 40.4 Å². The number of pyridine rings is 1. The molecule has 0 fully saturated rings. The molecule has 0 atom stereocenters. The molecule has 0 spiro atoms. The number of methoxy groups -OCH3 is 1. The Kier molecular flexibility index (Phi) is 5.61. The van der Waals surface area contributed by atoms with Crippen LogP contribution in [0.2, 0.25) is 0 Å². The summed E-state index contributed by atoms with van der Waals surface area (Å²) in [5, 5.41) is 12.8. The van der Waals surface area contributed by atoms with Crippen molar-refractivity contribution in [3.8, 4) is 5.75 Å². The van der Waals surface area contributed by atoms with Crippen LogP contribution in [0.5, 0.6) is 5.75 Å². The lowest BCUT2D eigenvalue weighted by Gasteiger charge is -2.20. The van der Waals surface area contributed by atoms with Crippen LogP contribution in [-0.2, 0) is 32.0 Å². The first kappa shape index (κ1) is 18.2. The summed E-state index contributed by atoms with van der Waals surface area (Å²) in [6.45, 7) is 1.96. The summed E-state index contributed by atoms with van der Waals surface area (Å²) in [7, 11) is 1.63. The molecule has 2 heterocycles. The molecule has 8 nitrogen and oxygen atoms in total. The molecule has 0 saturated heterocycles. The van der Waals surface area contributed by atoms with Crippen LogP contribution in [0.3, 0.4) is 0 Å². The highest BCUT2D eigenvalue weighted by Crippen LogP contribution is 2.50. The lowest BCUT2D eigenvalue weighted by atomic mass is 10.1. The summed E-state index contributed by atoms with van der Waals surface area (Å²) in [4.78, 5) is 0. The third-order valence-corrected chi connectivity index (χ3v) is 6.04. The minimum absolute atomic E-state index is 0.189. The lowest BCUT2D eigenvalue weighted by molar-refractivity contribution is 0.161. The Hall–Kier alpha value is -1.64. The number of hydrogen-bond acceptors (Lipinski definition) is 8. The fraction of sp³-hybridized carbons (Fsp3) is 0.400. The van der Waals surface area contributed by atoms with E-state index in [4.69, 9.17) is 30.1 Å². The van der Waals surface area contributed by atoms with Crippen molar-refractivity contribution < 1.29 is 18.3 Å². The van der Waals surface area contributed by atoms with E-state index in [9.17, 15) is 0 Å². The quantitative estimate of drug-likeness (QED) is 0.550. The van der Waals surface area contributed by atoms with Gasteiger partial charge in [-0.1, -0.05) is 0 Å². The molecule has 134 valence electrons. The van der Waals surface area contributed by atoms with Gasteiger partial charge in [-0.25, -0.2) is 0 Å². The van der Waals surface area contributed by atoms with E-state index in [0.717, 1.165) is 22.2 Å². The maximum Gasteiger partial charge on any atom is 0.327 e. The highest BCUT2D eigenvalue weighted by molar-refractivity contribution is 8.07.